The van der Waals surface area contributed by atoms with Crippen LogP contribution in [0.3, 0.4) is 0 Å². The molecule has 0 amide bonds. The number of furan rings is 1. The molecule has 1 nitrogen and oxygen atoms in total. The fourth-order valence-electron chi connectivity index (χ4n) is 1.43. The number of rotatable bonds is 3. The molecule has 68 valence electrons. The van der Waals surface area contributed by atoms with Crippen LogP contribution in [0, 0.1) is 0 Å². The van der Waals surface area contributed by atoms with Crippen LogP contribution >= 0.6 is 0 Å². The van der Waals surface area contributed by atoms with Gasteiger partial charge in [-0.25, -0.2) is 0 Å². The molecule has 0 aliphatic rings. The zero-order valence-corrected chi connectivity index (χ0v) is 8.42. The van der Waals surface area contributed by atoms with E-state index in [9.17, 15) is 0 Å². The molecule has 1 atom stereocenters. The van der Waals surface area contributed by atoms with Gasteiger partial charge in [0.2, 0.25) is 0 Å². The van der Waals surface area contributed by atoms with Crippen molar-refractivity contribution in [3.63, 3.8) is 0 Å². The Morgan fingerprint density at radius 2 is 2.00 bits per heavy atom. The summed E-state index contributed by atoms with van der Waals surface area (Å²) >= 11 is 0. The van der Waals surface area contributed by atoms with E-state index in [4.69, 9.17) is 4.42 Å². The summed E-state index contributed by atoms with van der Waals surface area (Å²) in [6.07, 6.45) is 2.98. The van der Waals surface area contributed by atoms with Crippen molar-refractivity contribution < 1.29 is 4.42 Å². The standard InChI is InChI=1S/C11H18O/c1-5-9(4)10-6-7-12-11(10)8(2)3/h6-9H,5H2,1-4H3. The van der Waals surface area contributed by atoms with Gasteiger partial charge in [0, 0.05) is 5.92 Å². The second kappa shape index (κ2) is 3.79. The van der Waals surface area contributed by atoms with Gasteiger partial charge in [0.25, 0.3) is 0 Å². The lowest BCUT2D eigenvalue weighted by Gasteiger charge is -2.10. The van der Waals surface area contributed by atoms with Gasteiger partial charge in [-0.05, 0) is 24.0 Å². The van der Waals surface area contributed by atoms with Crippen LogP contribution in [-0.2, 0) is 0 Å². The average Bonchev–Trinajstić information content (AvgIpc) is 2.50. The second-order valence-corrected chi connectivity index (χ2v) is 3.70. The van der Waals surface area contributed by atoms with Gasteiger partial charge in [0.05, 0.1) is 6.26 Å². The smallest absolute Gasteiger partial charge is 0.109 e. The lowest BCUT2D eigenvalue weighted by atomic mass is 9.95. The van der Waals surface area contributed by atoms with Gasteiger partial charge in [0.1, 0.15) is 5.76 Å². The topological polar surface area (TPSA) is 13.1 Å². The van der Waals surface area contributed by atoms with E-state index < -0.39 is 0 Å². The summed E-state index contributed by atoms with van der Waals surface area (Å²) in [6, 6.07) is 2.10. The Bertz CT molecular complexity index is 235. The Hall–Kier alpha value is -0.720. The predicted octanol–water partition coefficient (Wildman–Crippen LogP) is 3.92. The lowest BCUT2D eigenvalue weighted by Crippen LogP contribution is -1.95. The molecule has 0 aliphatic heterocycles. The molecule has 0 spiro atoms. The molecule has 0 saturated heterocycles. The first kappa shape index (κ1) is 9.37. The quantitative estimate of drug-likeness (QED) is 0.663. The monoisotopic (exact) mass is 166 g/mol. The second-order valence-electron chi connectivity index (χ2n) is 3.70. The van der Waals surface area contributed by atoms with E-state index in [1.54, 1.807) is 6.26 Å². The summed E-state index contributed by atoms with van der Waals surface area (Å²) < 4.78 is 5.45. The Morgan fingerprint density at radius 3 is 2.50 bits per heavy atom. The van der Waals surface area contributed by atoms with Crippen LogP contribution in [0.5, 0.6) is 0 Å². The highest BCUT2D eigenvalue weighted by Gasteiger charge is 2.14. The minimum atomic E-state index is 0.504. The molecule has 1 unspecified atom stereocenters. The van der Waals surface area contributed by atoms with E-state index in [0.717, 1.165) is 5.76 Å². The molecule has 12 heavy (non-hydrogen) atoms. The van der Waals surface area contributed by atoms with Crippen molar-refractivity contribution in [1.29, 1.82) is 0 Å². The minimum absolute atomic E-state index is 0.504. The Balaban J connectivity index is 2.91. The summed E-state index contributed by atoms with van der Waals surface area (Å²) in [5.41, 5.74) is 1.38. The molecule has 0 radical (unpaired) electrons. The Labute approximate surface area is 74.8 Å². The Kier molecular flexibility index (Phi) is 2.96. The normalized spacial score (nSPS) is 13.8. The van der Waals surface area contributed by atoms with Gasteiger partial charge >= 0.3 is 0 Å². The van der Waals surface area contributed by atoms with Crippen LogP contribution in [0.15, 0.2) is 16.7 Å². The van der Waals surface area contributed by atoms with Crippen molar-refractivity contribution in [2.75, 3.05) is 0 Å². The molecule has 0 N–H and O–H groups in total. The highest BCUT2D eigenvalue weighted by molar-refractivity contribution is 5.23. The van der Waals surface area contributed by atoms with Gasteiger partial charge < -0.3 is 4.42 Å². The summed E-state index contributed by atoms with van der Waals surface area (Å²) in [5.74, 6) is 2.29. The van der Waals surface area contributed by atoms with E-state index in [1.807, 2.05) is 0 Å². The van der Waals surface area contributed by atoms with Crippen molar-refractivity contribution in [3.05, 3.63) is 23.7 Å². The zero-order valence-electron chi connectivity index (χ0n) is 8.42. The fraction of sp³-hybridized carbons (Fsp3) is 0.636. The fourth-order valence-corrected chi connectivity index (χ4v) is 1.43. The summed E-state index contributed by atoms with van der Waals surface area (Å²) in [4.78, 5) is 0. The van der Waals surface area contributed by atoms with Crippen LogP contribution in [-0.4, -0.2) is 0 Å². The molecule has 1 aromatic rings. The molecule has 1 heteroatoms. The minimum Gasteiger partial charge on any atom is -0.469 e. The van der Waals surface area contributed by atoms with Gasteiger partial charge in [-0.2, -0.15) is 0 Å². The van der Waals surface area contributed by atoms with Gasteiger partial charge in [0.15, 0.2) is 0 Å². The van der Waals surface area contributed by atoms with Crippen molar-refractivity contribution in [2.24, 2.45) is 0 Å². The largest absolute Gasteiger partial charge is 0.469 e. The maximum absolute atomic E-state index is 5.45. The molecular weight excluding hydrogens is 148 g/mol. The molecule has 0 aliphatic carbocycles. The van der Waals surface area contributed by atoms with Crippen LogP contribution in [0.2, 0.25) is 0 Å². The first-order chi connectivity index (χ1) is 5.66. The van der Waals surface area contributed by atoms with E-state index in [-0.39, 0.29) is 0 Å². The van der Waals surface area contributed by atoms with Gasteiger partial charge in [-0.15, -0.1) is 0 Å². The molecule has 0 aromatic carbocycles. The molecular formula is C11H18O. The first-order valence-electron chi connectivity index (χ1n) is 4.74. The van der Waals surface area contributed by atoms with Crippen molar-refractivity contribution in [3.8, 4) is 0 Å². The van der Waals surface area contributed by atoms with Crippen molar-refractivity contribution >= 4 is 0 Å². The van der Waals surface area contributed by atoms with Gasteiger partial charge in [-0.1, -0.05) is 27.7 Å². The highest BCUT2D eigenvalue weighted by atomic mass is 16.3. The maximum atomic E-state index is 5.45. The van der Waals surface area contributed by atoms with Crippen LogP contribution < -0.4 is 0 Å². The molecule has 1 aromatic heterocycles. The molecule has 0 bridgehead atoms. The maximum Gasteiger partial charge on any atom is 0.109 e. The van der Waals surface area contributed by atoms with Crippen LogP contribution in [0.4, 0.5) is 0 Å². The van der Waals surface area contributed by atoms with E-state index >= 15 is 0 Å². The molecule has 1 rings (SSSR count). The van der Waals surface area contributed by atoms with Gasteiger partial charge in [-0.3, -0.25) is 0 Å². The third kappa shape index (κ3) is 1.71. The number of hydrogen-bond acceptors (Lipinski definition) is 1. The van der Waals surface area contributed by atoms with E-state index in [0.29, 0.717) is 11.8 Å². The van der Waals surface area contributed by atoms with E-state index in [2.05, 4.69) is 33.8 Å². The highest BCUT2D eigenvalue weighted by Crippen LogP contribution is 2.28. The third-order valence-corrected chi connectivity index (χ3v) is 2.39. The average molecular weight is 166 g/mol. The van der Waals surface area contributed by atoms with E-state index in [1.165, 1.54) is 12.0 Å². The summed E-state index contributed by atoms with van der Waals surface area (Å²) in [5, 5.41) is 0. The molecule has 1 heterocycles. The van der Waals surface area contributed by atoms with Crippen LogP contribution in [0.1, 0.15) is 57.3 Å². The first-order valence-corrected chi connectivity index (χ1v) is 4.74. The Morgan fingerprint density at radius 1 is 1.33 bits per heavy atom. The SMILES string of the molecule is CCC(C)c1ccoc1C(C)C. The molecule has 0 fully saturated rings. The summed E-state index contributed by atoms with van der Waals surface area (Å²) in [6.45, 7) is 8.80. The summed E-state index contributed by atoms with van der Waals surface area (Å²) in [7, 11) is 0. The van der Waals surface area contributed by atoms with Crippen molar-refractivity contribution in [2.45, 2.75) is 46.0 Å². The zero-order chi connectivity index (χ0) is 9.14. The predicted molar refractivity (Wildman–Crippen MR) is 51.5 cm³/mol. The lowest BCUT2D eigenvalue weighted by molar-refractivity contribution is 0.477. The third-order valence-electron chi connectivity index (χ3n) is 2.39. The van der Waals surface area contributed by atoms with Crippen molar-refractivity contribution in [1.82, 2.24) is 0 Å². The van der Waals surface area contributed by atoms with Crippen LogP contribution in [0.25, 0.3) is 0 Å². The molecule has 0 saturated carbocycles. The number of hydrogen-bond donors (Lipinski definition) is 0.